The number of hydrogen-bond donors (Lipinski definition) is 2. The molecule has 1 aromatic heterocycles. The third-order valence-electron chi connectivity index (χ3n) is 3.25. The van der Waals surface area contributed by atoms with Crippen LogP contribution in [0.3, 0.4) is 0 Å². The maximum absolute atomic E-state index is 12.2. The Morgan fingerprint density at radius 3 is 2.80 bits per heavy atom. The number of ether oxygens (including phenoxy) is 1. The van der Waals surface area contributed by atoms with Crippen molar-refractivity contribution in [2.45, 2.75) is 18.7 Å². The molecule has 0 aliphatic rings. The van der Waals surface area contributed by atoms with Gasteiger partial charge in [-0.2, -0.15) is 11.8 Å². The molecule has 0 bridgehead atoms. The van der Waals surface area contributed by atoms with E-state index in [9.17, 15) is 9.59 Å². The Kier molecular flexibility index (Phi) is 9.12. The first-order valence-corrected chi connectivity index (χ1v) is 8.60. The first kappa shape index (κ1) is 21.1. The summed E-state index contributed by atoms with van der Waals surface area (Å²) in [6.45, 7) is 0.256. The molecular formula is C17H21ClN2O4S. The van der Waals surface area contributed by atoms with E-state index in [1.54, 1.807) is 17.8 Å². The largest absolute Gasteiger partial charge is 0.469 e. The van der Waals surface area contributed by atoms with E-state index in [2.05, 4.69) is 10.1 Å². The lowest BCUT2D eigenvalue weighted by Crippen LogP contribution is -2.11. The first-order valence-electron chi connectivity index (χ1n) is 7.44. The molecule has 0 spiro atoms. The number of esters is 1. The molecule has 1 heterocycles. The van der Waals surface area contributed by atoms with Crippen molar-refractivity contribution in [3.63, 3.8) is 0 Å². The van der Waals surface area contributed by atoms with Gasteiger partial charge in [0.25, 0.3) is 5.91 Å². The summed E-state index contributed by atoms with van der Waals surface area (Å²) in [5, 5.41) is 2.83. The standard InChI is InChI=1S/C17H20N2O4S.ClH/c1-22-16(20)5-6-24-11-12-3-2-4-14(7-12)19-17(21)13-8-15(9-18)23-10-13;/h2-4,7-8,10H,5-6,9,11,18H2,1H3,(H,19,21);1H. The molecule has 8 heteroatoms. The molecule has 136 valence electrons. The molecule has 0 radical (unpaired) electrons. The summed E-state index contributed by atoms with van der Waals surface area (Å²) in [6, 6.07) is 9.22. The average molecular weight is 385 g/mol. The highest BCUT2D eigenvalue weighted by molar-refractivity contribution is 7.98. The molecule has 0 aliphatic carbocycles. The average Bonchev–Trinajstić information content (AvgIpc) is 3.08. The lowest BCUT2D eigenvalue weighted by molar-refractivity contribution is -0.140. The Balaban J connectivity index is 0.00000312. The number of rotatable bonds is 8. The topological polar surface area (TPSA) is 94.6 Å². The first-order chi connectivity index (χ1) is 11.6. The van der Waals surface area contributed by atoms with Crippen LogP contribution >= 0.6 is 24.2 Å². The van der Waals surface area contributed by atoms with Crippen molar-refractivity contribution >= 4 is 41.7 Å². The summed E-state index contributed by atoms with van der Waals surface area (Å²) in [6.07, 6.45) is 1.78. The highest BCUT2D eigenvalue weighted by atomic mass is 35.5. The number of benzene rings is 1. The fourth-order valence-electron chi connectivity index (χ4n) is 2.00. The zero-order valence-corrected chi connectivity index (χ0v) is 15.5. The number of carbonyl (C=O) groups is 2. The normalized spacial score (nSPS) is 10.0. The molecule has 6 nitrogen and oxygen atoms in total. The Morgan fingerprint density at radius 2 is 2.12 bits per heavy atom. The lowest BCUT2D eigenvalue weighted by Gasteiger charge is -2.06. The van der Waals surface area contributed by atoms with Crippen LogP contribution in [0.5, 0.6) is 0 Å². The molecular weight excluding hydrogens is 364 g/mol. The summed E-state index contributed by atoms with van der Waals surface area (Å²) in [7, 11) is 1.38. The molecule has 3 N–H and O–H groups in total. The van der Waals surface area contributed by atoms with Gasteiger partial charge < -0.3 is 20.2 Å². The number of nitrogens with one attached hydrogen (secondary N) is 1. The van der Waals surface area contributed by atoms with Crippen molar-refractivity contribution in [1.29, 1.82) is 0 Å². The van der Waals surface area contributed by atoms with Crippen LogP contribution in [-0.4, -0.2) is 24.7 Å². The molecule has 2 aromatic rings. The number of anilines is 1. The lowest BCUT2D eigenvalue weighted by atomic mass is 10.2. The maximum atomic E-state index is 12.2. The number of thioether (sulfide) groups is 1. The van der Waals surface area contributed by atoms with Gasteiger partial charge in [0.2, 0.25) is 0 Å². The number of hydrogen-bond acceptors (Lipinski definition) is 6. The van der Waals surface area contributed by atoms with Crippen LogP contribution in [0.2, 0.25) is 0 Å². The van der Waals surface area contributed by atoms with Crippen LogP contribution in [0.25, 0.3) is 0 Å². The fraction of sp³-hybridized carbons (Fsp3) is 0.294. The van der Waals surface area contributed by atoms with Gasteiger partial charge in [0, 0.05) is 17.2 Å². The predicted molar refractivity (Wildman–Crippen MR) is 101 cm³/mol. The van der Waals surface area contributed by atoms with Crippen molar-refractivity contribution in [1.82, 2.24) is 0 Å². The molecule has 0 fully saturated rings. The van der Waals surface area contributed by atoms with E-state index >= 15 is 0 Å². The van der Waals surface area contributed by atoms with Crippen LogP contribution < -0.4 is 11.1 Å². The van der Waals surface area contributed by atoms with E-state index in [1.165, 1.54) is 13.4 Å². The second-order valence-electron chi connectivity index (χ2n) is 5.04. The van der Waals surface area contributed by atoms with Crippen molar-refractivity contribution in [3.05, 3.63) is 53.5 Å². The number of furan rings is 1. The Hall–Kier alpha value is -1.96. The minimum Gasteiger partial charge on any atom is -0.469 e. The number of halogens is 1. The maximum Gasteiger partial charge on any atom is 0.306 e. The zero-order valence-electron chi connectivity index (χ0n) is 13.8. The van der Waals surface area contributed by atoms with Gasteiger partial charge in [-0.15, -0.1) is 12.4 Å². The van der Waals surface area contributed by atoms with Crippen molar-refractivity contribution < 1.29 is 18.7 Å². The van der Waals surface area contributed by atoms with Gasteiger partial charge in [0.05, 0.1) is 25.6 Å². The van der Waals surface area contributed by atoms with Crippen molar-refractivity contribution in [3.8, 4) is 0 Å². The monoisotopic (exact) mass is 384 g/mol. The minimum absolute atomic E-state index is 0. The second-order valence-corrected chi connectivity index (χ2v) is 6.14. The minimum atomic E-state index is -0.242. The van der Waals surface area contributed by atoms with Crippen LogP contribution in [0.1, 0.15) is 28.1 Å². The van der Waals surface area contributed by atoms with Crippen LogP contribution in [0, 0.1) is 0 Å². The summed E-state index contributed by atoms with van der Waals surface area (Å²) >= 11 is 1.64. The third-order valence-corrected chi connectivity index (χ3v) is 4.28. The van der Waals surface area contributed by atoms with Crippen LogP contribution in [0.4, 0.5) is 5.69 Å². The van der Waals surface area contributed by atoms with E-state index in [0.717, 1.165) is 11.3 Å². The summed E-state index contributed by atoms with van der Waals surface area (Å²) < 4.78 is 9.77. The molecule has 0 aliphatic heterocycles. The van der Waals surface area contributed by atoms with E-state index in [4.69, 9.17) is 10.2 Å². The van der Waals surface area contributed by atoms with Crippen molar-refractivity contribution in [2.24, 2.45) is 5.73 Å². The van der Waals surface area contributed by atoms with Crippen LogP contribution in [0.15, 0.2) is 41.0 Å². The highest BCUT2D eigenvalue weighted by Gasteiger charge is 2.10. The Labute approximate surface area is 156 Å². The quantitative estimate of drug-likeness (QED) is 0.536. The van der Waals surface area contributed by atoms with Gasteiger partial charge in [-0.25, -0.2) is 0 Å². The van der Waals surface area contributed by atoms with E-state index in [1.807, 2.05) is 24.3 Å². The Bertz CT molecular complexity index is 705. The predicted octanol–water partition coefficient (Wildman–Crippen LogP) is 3.21. The van der Waals surface area contributed by atoms with Gasteiger partial charge >= 0.3 is 5.97 Å². The summed E-state index contributed by atoms with van der Waals surface area (Å²) in [5.41, 5.74) is 7.68. The molecule has 0 saturated heterocycles. The molecule has 2 rings (SSSR count). The van der Waals surface area contributed by atoms with E-state index in [0.29, 0.717) is 29.2 Å². The third kappa shape index (κ3) is 6.81. The van der Waals surface area contributed by atoms with Gasteiger partial charge in [0.15, 0.2) is 0 Å². The molecule has 1 amide bonds. The number of nitrogens with two attached hydrogens (primary N) is 1. The smallest absolute Gasteiger partial charge is 0.306 e. The Morgan fingerprint density at radius 1 is 1.32 bits per heavy atom. The van der Waals surface area contributed by atoms with E-state index < -0.39 is 0 Å². The summed E-state index contributed by atoms with van der Waals surface area (Å²) in [4.78, 5) is 23.2. The molecule has 0 unspecified atom stereocenters. The van der Waals surface area contributed by atoms with Gasteiger partial charge in [0.1, 0.15) is 12.0 Å². The zero-order chi connectivity index (χ0) is 17.4. The molecule has 0 saturated carbocycles. The van der Waals surface area contributed by atoms with Gasteiger partial charge in [-0.3, -0.25) is 9.59 Å². The number of methoxy groups -OCH3 is 1. The summed E-state index contributed by atoms with van der Waals surface area (Å²) in [5.74, 6) is 1.56. The fourth-order valence-corrected chi connectivity index (χ4v) is 2.87. The number of amides is 1. The SMILES string of the molecule is COC(=O)CCSCc1cccc(NC(=O)c2coc(CN)c2)c1.Cl. The van der Waals surface area contributed by atoms with Gasteiger partial charge in [-0.05, 0) is 23.8 Å². The molecule has 25 heavy (non-hydrogen) atoms. The van der Waals surface area contributed by atoms with Crippen molar-refractivity contribution in [2.75, 3.05) is 18.2 Å². The molecule has 0 atom stereocenters. The van der Waals surface area contributed by atoms with E-state index in [-0.39, 0.29) is 30.8 Å². The van der Waals surface area contributed by atoms with Gasteiger partial charge in [-0.1, -0.05) is 12.1 Å². The highest BCUT2D eigenvalue weighted by Crippen LogP contribution is 2.18. The van der Waals surface area contributed by atoms with Crippen LogP contribution in [-0.2, 0) is 21.8 Å². The number of carbonyl (C=O) groups excluding carboxylic acids is 2. The second kappa shape index (κ2) is 10.8. The molecule has 1 aromatic carbocycles.